The van der Waals surface area contributed by atoms with Crippen LogP contribution in [0.2, 0.25) is 0 Å². The van der Waals surface area contributed by atoms with E-state index in [4.69, 9.17) is 4.74 Å². The van der Waals surface area contributed by atoms with Crippen LogP contribution in [0.3, 0.4) is 0 Å². The van der Waals surface area contributed by atoms with Crippen LogP contribution in [0.25, 0.3) is 0 Å². The number of carbonyl (C=O) groups is 4. The minimum absolute atomic E-state index is 0.205. The maximum Gasteiger partial charge on any atom is 0.471 e. The van der Waals surface area contributed by atoms with Crippen LogP contribution in [0.5, 0.6) is 0 Å². The number of ketones is 1. The van der Waals surface area contributed by atoms with Crippen molar-refractivity contribution < 1.29 is 37.1 Å². The van der Waals surface area contributed by atoms with E-state index in [2.05, 4.69) is 10.6 Å². The lowest BCUT2D eigenvalue weighted by molar-refractivity contribution is -0.174. The normalized spacial score (nSPS) is 19.9. The number of carbonyl (C=O) groups excluding carboxylic acids is 4. The smallest absolute Gasteiger partial charge is 0.361 e. The molecule has 0 unspecified atom stereocenters. The number of hydrogen-bond donors (Lipinski definition) is 3. The van der Waals surface area contributed by atoms with E-state index in [9.17, 15) is 32.3 Å². The van der Waals surface area contributed by atoms with Crippen molar-refractivity contribution in [2.45, 2.75) is 44.1 Å². The van der Waals surface area contributed by atoms with Gasteiger partial charge in [-0.25, -0.2) is 0 Å². The Morgan fingerprint density at radius 1 is 1.13 bits per heavy atom. The summed E-state index contributed by atoms with van der Waals surface area (Å²) < 4.78 is 41.9. The van der Waals surface area contributed by atoms with Crippen molar-refractivity contribution in [3.8, 4) is 0 Å². The standard InChI is InChI=1S/C19H22F3N3O5/c1-11(24-17(29)19(20,21)22)16(28)23-9-14(26)25-13(15(27)18(2)10-30-18)8-12-6-4-3-5-7-12/h3-7,11,13H,8-10H2,1-2H3,(H,23,28)(H,24,29)(H,25,26)/t11-,13-,18+/m0/s1. The third kappa shape index (κ3) is 6.55. The van der Waals surface area contributed by atoms with Crippen LogP contribution < -0.4 is 16.0 Å². The van der Waals surface area contributed by atoms with E-state index in [1.807, 2.05) is 0 Å². The van der Waals surface area contributed by atoms with Gasteiger partial charge in [0, 0.05) is 0 Å². The number of epoxide rings is 1. The molecule has 0 spiro atoms. The molecule has 3 amide bonds. The molecule has 1 heterocycles. The molecule has 3 atom stereocenters. The van der Waals surface area contributed by atoms with E-state index in [1.54, 1.807) is 37.3 Å². The van der Waals surface area contributed by atoms with Gasteiger partial charge in [-0.3, -0.25) is 19.2 Å². The summed E-state index contributed by atoms with van der Waals surface area (Å²) in [5, 5.41) is 6.13. The Bertz CT molecular complexity index is 809. The van der Waals surface area contributed by atoms with Gasteiger partial charge in [-0.15, -0.1) is 0 Å². The number of halogens is 3. The molecule has 1 aliphatic rings. The van der Waals surface area contributed by atoms with Crippen LogP contribution in [-0.2, 0) is 30.3 Å². The van der Waals surface area contributed by atoms with Crippen molar-refractivity contribution in [1.82, 2.24) is 16.0 Å². The molecule has 0 aliphatic carbocycles. The number of nitrogens with one attached hydrogen (secondary N) is 3. The summed E-state index contributed by atoms with van der Waals surface area (Å²) in [5.41, 5.74) is -0.181. The molecular weight excluding hydrogens is 407 g/mol. The summed E-state index contributed by atoms with van der Waals surface area (Å²) in [6.07, 6.45) is -4.92. The van der Waals surface area contributed by atoms with Gasteiger partial charge in [0.15, 0.2) is 5.78 Å². The summed E-state index contributed by atoms with van der Waals surface area (Å²) in [5.74, 6) is -4.28. The second-order valence-corrected chi connectivity index (χ2v) is 7.10. The van der Waals surface area contributed by atoms with Gasteiger partial charge in [-0.1, -0.05) is 30.3 Å². The SMILES string of the molecule is C[C@H](NC(=O)C(F)(F)F)C(=O)NCC(=O)N[C@@H](Cc1ccccc1)C(=O)[C@@]1(C)CO1. The van der Waals surface area contributed by atoms with Gasteiger partial charge in [0.05, 0.1) is 19.2 Å². The minimum atomic E-state index is -5.13. The average molecular weight is 429 g/mol. The predicted molar refractivity (Wildman–Crippen MR) is 98.1 cm³/mol. The first-order chi connectivity index (χ1) is 13.9. The van der Waals surface area contributed by atoms with Gasteiger partial charge < -0.3 is 20.7 Å². The van der Waals surface area contributed by atoms with Crippen LogP contribution >= 0.6 is 0 Å². The molecule has 11 heteroatoms. The maximum atomic E-state index is 12.6. The third-order valence-corrected chi connectivity index (χ3v) is 4.45. The van der Waals surface area contributed by atoms with Crippen molar-refractivity contribution in [1.29, 1.82) is 0 Å². The monoisotopic (exact) mass is 429 g/mol. The Morgan fingerprint density at radius 3 is 2.27 bits per heavy atom. The fraction of sp³-hybridized carbons (Fsp3) is 0.474. The molecule has 3 N–H and O–H groups in total. The van der Waals surface area contributed by atoms with Crippen molar-refractivity contribution in [3.05, 3.63) is 35.9 Å². The van der Waals surface area contributed by atoms with Gasteiger partial charge in [0.25, 0.3) is 0 Å². The minimum Gasteiger partial charge on any atom is -0.361 e. The van der Waals surface area contributed by atoms with Crippen molar-refractivity contribution in [3.63, 3.8) is 0 Å². The van der Waals surface area contributed by atoms with Crippen LogP contribution in [0, 0.1) is 0 Å². The van der Waals surface area contributed by atoms with Gasteiger partial charge >= 0.3 is 12.1 Å². The van der Waals surface area contributed by atoms with E-state index < -0.39 is 48.1 Å². The molecule has 2 rings (SSSR count). The highest BCUT2D eigenvalue weighted by Crippen LogP contribution is 2.29. The molecular formula is C19H22F3N3O5. The van der Waals surface area contributed by atoms with Gasteiger partial charge in [0.1, 0.15) is 11.6 Å². The molecule has 0 aromatic heterocycles. The molecule has 8 nitrogen and oxygen atoms in total. The predicted octanol–water partition coefficient (Wildman–Crippen LogP) is 0.255. The molecule has 1 aromatic rings. The topological polar surface area (TPSA) is 117 Å². The van der Waals surface area contributed by atoms with Crippen LogP contribution in [0.1, 0.15) is 19.4 Å². The quantitative estimate of drug-likeness (QED) is 0.487. The third-order valence-electron chi connectivity index (χ3n) is 4.45. The first-order valence-corrected chi connectivity index (χ1v) is 9.09. The van der Waals surface area contributed by atoms with E-state index >= 15 is 0 Å². The second-order valence-electron chi connectivity index (χ2n) is 7.10. The van der Waals surface area contributed by atoms with Gasteiger partial charge in [-0.05, 0) is 25.8 Å². The largest absolute Gasteiger partial charge is 0.471 e. The summed E-state index contributed by atoms with van der Waals surface area (Å²) in [4.78, 5) is 47.6. The maximum absolute atomic E-state index is 12.6. The van der Waals surface area contributed by atoms with Gasteiger partial charge in [0.2, 0.25) is 11.8 Å². The number of hydrogen-bond acceptors (Lipinski definition) is 5. The number of Topliss-reactive ketones (excluding diaryl/α,β-unsaturated/α-hetero) is 1. The van der Waals surface area contributed by atoms with Crippen molar-refractivity contribution in [2.24, 2.45) is 0 Å². The Balaban J connectivity index is 1.91. The molecule has 1 saturated heterocycles. The fourth-order valence-electron chi connectivity index (χ4n) is 2.59. The lowest BCUT2D eigenvalue weighted by atomic mass is 9.95. The highest BCUT2D eigenvalue weighted by molar-refractivity contribution is 5.97. The Morgan fingerprint density at radius 2 is 1.73 bits per heavy atom. The van der Waals surface area contributed by atoms with E-state index in [-0.39, 0.29) is 18.8 Å². The number of alkyl halides is 3. The lowest BCUT2D eigenvalue weighted by Crippen LogP contribution is -2.53. The summed E-state index contributed by atoms with van der Waals surface area (Å²) in [6.45, 7) is 2.30. The molecule has 1 aromatic carbocycles. The van der Waals surface area contributed by atoms with Crippen LogP contribution in [0.4, 0.5) is 13.2 Å². The molecule has 1 fully saturated rings. The van der Waals surface area contributed by atoms with Crippen LogP contribution in [0.15, 0.2) is 30.3 Å². The zero-order valence-corrected chi connectivity index (χ0v) is 16.3. The zero-order valence-electron chi connectivity index (χ0n) is 16.3. The fourth-order valence-corrected chi connectivity index (χ4v) is 2.59. The molecule has 164 valence electrons. The van der Waals surface area contributed by atoms with E-state index in [0.29, 0.717) is 0 Å². The molecule has 0 bridgehead atoms. The molecule has 0 saturated carbocycles. The van der Waals surface area contributed by atoms with Gasteiger partial charge in [-0.2, -0.15) is 13.2 Å². The Kier molecular flexibility index (Phi) is 7.19. The summed E-state index contributed by atoms with van der Waals surface area (Å²) in [6, 6.07) is 6.53. The first-order valence-electron chi connectivity index (χ1n) is 9.09. The van der Waals surface area contributed by atoms with Crippen LogP contribution in [-0.4, -0.2) is 60.5 Å². The highest BCUT2D eigenvalue weighted by atomic mass is 19.4. The molecule has 0 radical (unpaired) electrons. The molecule has 1 aliphatic heterocycles. The highest BCUT2D eigenvalue weighted by Gasteiger charge is 2.50. The summed E-state index contributed by atoms with van der Waals surface area (Å²) >= 11 is 0. The Hall–Kier alpha value is -2.95. The van der Waals surface area contributed by atoms with Crippen molar-refractivity contribution >= 4 is 23.5 Å². The lowest BCUT2D eigenvalue weighted by Gasteiger charge is -2.20. The zero-order chi connectivity index (χ0) is 22.5. The van der Waals surface area contributed by atoms with Crippen molar-refractivity contribution in [2.75, 3.05) is 13.2 Å². The van der Waals surface area contributed by atoms with E-state index in [0.717, 1.165) is 12.5 Å². The number of rotatable bonds is 9. The Labute approximate surface area is 170 Å². The first kappa shape index (κ1) is 23.3. The van der Waals surface area contributed by atoms with E-state index in [1.165, 1.54) is 5.32 Å². The number of amides is 3. The second kappa shape index (κ2) is 9.24. The molecule has 30 heavy (non-hydrogen) atoms. The number of benzene rings is 1. The number of ether oxygens (including phenoxy) is 1. The summed E-state index contributed by atoms with van der Waals surface area (Å²) in [7, 11) is 0. The average Bonchev–Trinajstić information content (AvgIpc) is 3.43.